The van der Waals surface area contributed by atoms with E-state index in [9.17, 15) is 13.2 Å². The number of nitrogens with one attached hydrogen (secondary N) is 2. The summed E-state index contributed by atoms with van der Waals surface area (Å²) < 4.78 is 27.5. The fourth-order valence-electron chi connectivity index (χ4n) is 1.54. The number of H-pyrrole nitrogens is 1. The predicted octanol–water partition coefficient (Wildman–Crippen LogP) is 1.99. The molecule has 0 saturated heterocycles. The lowest BCUT2D eigenvalue weighted by atomic mass is 10.2. The number of thiazole rings is 1. The van der Waals surface area contributed by atoms with Crippen molar-refractivity contribution in [3.8, 4) is 0 Å². The summed E-state index contributed by atoms with van der Waals surface area (Å²) in [4.78, 5) is 13.2. The number of rotatable bonds is 4. The Kier molecular flexibility index (Phi) is 4.24. The third-order valence-electron chi connectivity index (χ3n) is 2.38. The van der Waals surface area contributed by atoms with Crippen molar-refractivity contribution >= 4 is 37.3 Å². The second-order valence-electron chi connectivity index (χ2n) is 3.88. The van der Waals surface area contributed by atoms with Gasteiger partial charge in [-0.05, 0) is 24.6 Å². The van der Waals surface area contributed by atoms with Crippen LogP contribution < -0.4 is 9.60 Å². The van der Waals surface area contributed by atoms with E-state index < -0.39 is 10.0 Å². The Balaban J connectivity index is 2.19. The number of aromatic amines is 1. The summed E-state index contributed by atoms with van der Waals surface area (Å²) in [5.74, 6) is 0. The molecule has 1 aromatic heterocycles. The summed E-state index contributed by atoms with van der Waals surface area (Å²) in [6, 6.07) is 7.34. The molecule has 0 amide bonds. The molecule has 8 heteroatoms. The Hall–Kier alpha value is -0.960. The van der Waals surface area contributed by atoms with Crippen LogP contribution in [0.3, 0.4) is 0 Å². The second kappa shape index (κ2) is 5.58. The molecular weight excluding hydrogens is 352 g/mol. The topological polar surface area (TPSA) is 79.0 Å². The number of aromatic nitrogens is 1. The molecule has 1 heterocycles. The van der Waals surface area contributed by atoms with Crippen LogP contribution in [0.5, 0.6) is 0 Å². The zero-order valence-electron chi connectivity index (χ0n) is 9.94. The van der Waals surface area contributed by atoms with Gasteiger partial charge < -0.3 is 4.98 Å². The summed E-state index contributed by atoms with van der Waals surface area (Å²) >= 11 is 4.01. The van der Waals surface area contributed by atoms with E-state index >= 15 is 0 Å². The number of sulfonamides is 1. The molecule has 0 aliphatic rings. The van der Waals surface area contributed by atoms with Crippen LogP contribution in [0.4, 0.5) is 0 Å². The smallest absolute Gasteiger partial charge is 0.305 e. The van der Waals surface area contributed by atoms with Gasteiger partial charge in [-0.3, -0.25) is 4.79 Å². The summed E-state index contributed by atoms with van der Waals surface area (Å²) in [5.41, 5.74) is 1.19. The summed E-state index contributed by atoms with van der Waals surface area (Å²) in [7, 11) is -3.66. The molecule has 5 nitrogen and oxygen atoms in total. The maximum atomic E-state index is 12.1. The molecule has 2 rings (SSSR count). The van der Waals surface area contributed by atoms with Crippen LogP contribution in [-0.4, -0.2) is 13.4 Å². The number of benzene rings is 1. The lowest BCUT2D eigenvalue weighted by Gasteiger charge is -2.05. The Morgan fingerprint density at radius 2 is 2.16 bits per heavy atom. The van der Waals surface area contributed by atoms with Gasteiger partial charge in [0.2, 0.25) is 0 Å². The highest BCUT2D eigenvalue weighted by molar-refractivity contribution is 9.10. The first kappa shape index (κ1) is 14.4. The molecule has 0 atom stereocenters. The third-order valence-corrected chi connectivity index (χ3v) is 5.88. The maximum Gasteiger partial charge on any atom is 0.305 e. The molecule has 2 N–H and O–H groups in total. The molecule has 0 aliphatic heterocycles. The molecule has 2 aromatic rings. The van der Waals surface area contributed by atoms with E-state index in [1.165, 1.54) is 0 Å². The second-order valence-corrected chi connectivity index (χ2v) is 7.74. The van der Waals surface area contributed by atoms with Crippen molar-refractivity contribution in [3.63, 3.8) is 0 Å². The minimum Gasteiger partial charge on any atom is -0.315 e. The summed E-state index contributed by atoms with van der Waals surface area (Å²) in [5, 5.41) is 0. The Morgan fingerprint density at radius 3 is 2.74 bits per heavy atom. The number of aryl methyl sites for hydroxylation is 1. The van der Waals surface area contributed by atoms with E-state index in [1.807, 2.05) is 24.3 Å². The summed E-state index contributed by atoms with van der Waals surface area (Å²) in [6.07, 6.45) is 0. The van der Waals surface area contributed by atoms with E-state index in [0.717, 1.165) is 10.0 Å². The minimum atomic E-state index is -3.66. The van der Waals surface area contributed by atoms with Crippen molar-refractivity contribution in [1.29, 1.82) is 0 Å². The van der Waals surface area contributed by atoms with Gasteiger partial charge in [-0.15, -0.1) is 0 Å². The van der Waals surface area contributed by atoms with Gasteiger partial charge >= 0.3 is 4.87 Å². The standard InChI is InChI=1S/C11H11BrN2O3S2/c1-7-10(18-11(15)14-7)19(16,17)13-6-8-3-2-4-9(12)5-8/h2-5,13H,6H2,1H3,(H,14,15). The first-order valence-electron chi connectivity index (χ1n) is 5.32. The van der Waals surface area contributed by atoms with Gasteiger partial charge in [-0.25, -0.2) is 13.1 Å². The molecular formula is C11H11BrN2O3S2. The van der Waals surface area contributed by atoms with E-state index in [1.54, 1.807) is 6.92 Å². The minimum absolute atomic E-state index is 0.0347. The first-order valence-corrected chi connectivity index (χ1v) is 8.41. The van der Waals surface area contributed by atoms with Crippen molar-refractivity contribution in [3.05, 3.63) is 49.7 Å². The lowest BCUT2D eigenvalue weighted by Crippen LogP contribution is -2.23. The molecule has 0 fully saturated rings. The van der Waals surface area contributed by atoms with Crippen LogP contribution in [0.25, 0.3) is 0 Å². The number of halogens is 1. The van der Waals surface area contributed by atoms with Crippen LogP contribution in [0.15, 0.2) is 37.7 Å². The van der Waals surface area contributed by atoms with Gasteiger partial charge in [0.1, 0.15) is 0 Å². The van der Waals surface area contributed by atoms with E-state index in [0.29, 0.717) is 17.0 Å². The molecule has 102 valence electrons. The molecule has 0 unspecified atom stereocenters. The van der Waals surface area contributed by atoms with E-state index in [-0.39, 0.29) is 15.6 Å². The zero-order chi connectivity index (χ0) is 14.0. The monoisotopic (exact) mass is 362 g/mol. The Labute approximate surface area is 122 Å². The van der Waals surface area contributed by atoms with Crippen LogP contribution in [0.2, 0.25) is 0 Å². The molecule has 0 spiro atoms. The number of hydrogen-bond donors (Lipinski definition) is 2. The SMILES string of the molecule is Cc1[nH]c(=O)sc1S(=O)(=O)NCc1cccc(Br)c1. The predicted molar refractivity (Wildman–Crippen MR) is 77.8 cm³/mol. The maximum absolute atomic E-state index is 12.1. The molecule has 0 radical (unpaired) electrons. The van der Waals surface area contributed by atoms with Crippen LogP contribution >= 0.6 is 27.3 Å². The fraction of sp³-hybridized carbons (Fsp3) is 0.182. The fourth-order valence-corrected chi connectivity index (χ4v) is 4.35. The molecule has 0 saturated carbocycles. The largest absolute Gasteiger partial charge is 0.315 e. The van der Waals surface area contributed by atoms with Gasteiger partial charge in [-0.2, -0.15) is 0 Å². The van der Waals surface area contributed by atoms with Gasteiger partial charge in [-0.1, -0.05) is 39.4 Å². The highest BCUT2D eigenvalue weighted by atomic mass is 79.9. The van der Waals surface area contributed by atoms with Gasteiger partial charge in [0, 0.05) is 16.7 Å². The van der Waals surface area contributed by atoms with Crippen molar-refractivity contribution < 1.29 is 8.42 Å². The van der Waals surface area contributed by atoms with Crippen LogP contribution in [-0.2, 0) is 16.6 Å². The Bertz CT molecular complexity index is 749. The van der Waals surface area contributed by atoms with E-state index in [2.05, 4.69) is 25.6 Å². The molecule has 0 aliphatic carbocycles. The number of hydrogen-bond acceptors (Lipinski definition) is 4. The Morgan fingerprint density at radius 1 is 1.42 bits per heavy atom. The van der Waals surface area contributed by atoms with Gasteiger partial charge in [0.15, 0.2) is 4.21 Å². The highest BCUT2D eigenvalue weighted by Gasteiger charge is 2.20. The quantitative estimate of drug-likeness (QED) is 0.872. The van der Waals surface area contributed by atoms with Crippen LogP contribution in [0.1, 0.15) is 11.3 Å². The van der Waals surface area contributed by atoms with E-state index in [4.69, 9.17) is 0 Å². The first-order chi connectivity index (χ1) is 8.88. The summed E-state index contributed by atoms with van der Waals surface area (Å²) in [6.45, 7) is 1.73. The zero-order valence-corrected chi connectivity index (χ0v) is 13.2. The highest BCUT2D eigenvalue weighted by Crippen LogP contribution is 2.17. The third kappa shape index (κ3) is 3.53. The average Bonchev–Trinajstić information content (AvgIpc) is 2.67. The van der Waals surface area contributed by atoms with Gasteiger partial charge in [0.05, 0.1) is 0 Å². The van der Waals surface area contributed by atoms with Gasteiger partial charge in [0.25, 0.3) is 10.0 Å². The molecule has 19 heavy (non-hydrogen) atoms. The lowest BCUT2D eigenvalue weighted by molar-refractivity contribution is 0.582. The van der Waals surface area contributed by atoms with Crippen molar-refractivity contribution in [2.75, 3.05) is 0 Å². The van der Waals surface area contributed by atoms with Crippen molar-refractivity contribution in [1.82, 2.24) is 9.71 Å². The molecule has 0 bridgehead atoms. The normalized spacial score (nSPS) is 11.7. The van der Waals surface area contributed by atoms with Crippen LogP contribution in [0, 0.1) is 6.92 Å². The van der Waals surface area contributed by atoms with Crippen molar-refractivity contribution in [2.24, 2.45) is 0 Å². The van der Waals surface area contributed by atoms with Crippen molar-refractivity contribution in [2.45, 2.75) is 17.7 Å². The molecule has 1 aromatic carbocycles. The average molecular weight is 363 g/mol.